The monoisotopic (exact) mass is 410 g/mol. The van der Waals surface area contributed by atoms with Gasteiger partial charge in [0.25, 0.3) is 10.1 Å². The fraction of sp³-hybridized carbons (Fsp3) is 0.467. The minimum Gasteiger partial charge on any atom is -0.445 e. The zero-order chi connectivity index (χ0) is 20.1. The summed E-state index contributed by atoms with van der Waals surface area (Å²) in [6.45, 7) is -0.418. The largest absolute Gasteiger partial charge is 0.573 e. The number of carbonyl (C=O) groups excluding carboxylic acids is 1. The molecule has 0 aliphatic carbocycles. The fourth-order valence-electron chi connectivity index (χ4n) is 2.35. The van der Waals surface area contributed by atoms with Gasteiger partial charge >= 0.3 is 12.5 Å². The van der Waals surface area contributed by atoms with Crippen molar-refractivity contribution in [1.82, 2.24) is 4.90 Å². The van der Waals surface area contributed by atoms with Gasteiger partial charge in [-0.15, -0.1) is 13.2 Å². The van der Waals surface area contributed by atoms with Crippen LogP contribution < -0.4 is 0 Å². The average molecular weight is 410 g/mol. The molecule has 0 spiro atoms. The number of hydrogen-bond donors (Lipinski definition) is 0. The van der Waals surface area contributed by atoms with Gasteiger partial charge in [0.05, 0.1) is 12.8 Å². The average Bonchev–Trinajstić information content (AvgIpc) is 2.93. The van der Waals surface area contributed by atoms with E-state index in [4.69, 9.17) is 8.92 Å². The number of likely N-dealkylation sites (tertiary alicyclic amines) is 1. The van der Waals surface area contributed by atoms with Gasteiger partial charge in [-0.1, -0.05) is 30.3 Å². The van der Waals surface area contributed by atoms with Gasteiger partial charge in [0.1, 0.15) is 18.8 Å². The highest BCUT2D eigenvalue weighted by Crippen LogP contribution is 2.21. The van der Waals surface area contributed by atoms with Crippen molar-refractivity contribution in [3.63, 3.8) is 0 Å². The van der Waals surface area contributed by atoms with E-state index in [2.05, 4.69) is 9.73 Å². The molecule has 2 atom stereocenters. The molecule has 0 bridgehead atoms. The summed E-state index contributed by atoms with van der Waals surface area (Å²) in [6.07, 6.45) is -5.91. The van der Waals surface area contributed by atoms with Crippen LogP contribution >= 0.6 is 0 Å². The van der Waals surface area contributed by atoms with Crippen LogP contribution in [0.1, 0.15) is 5.56 Å². The second-order valence-electron chi connectivity index (χ2n) is 5.67. The van der Waals surface area contributed by atoms with Crippen molar-refractivity contribution < 1.29 is 40.0 Å². The Labute approximate surface area is 153 Å². The number of aliphatic imine (C=N–C) groups is 1. The molecule has 150 valence electrons. The van der Waals surface area contributed by atoms with Gasteiger partial charge in [-0.3, -0.25) is 9.18 Å². The highest BCUT2D eigenvalue weighted by Gasteiger charge is 2.39. The molecule has 0 N–H and O–H groups in total. The number of nitrogens with zero attached hydrogens (tertiary/aromatic N) is 2. The van der Waals surface area contributed by atoms with Gasteiger partial charge in [-0.25, -0.2) is 4.79 Å². The number of halogens is 3. The van der Waals surface area contributed by atoms with E-state index in [1.54, 1.807) is 30.3 Å². The topological polar surface area (TPSA) is 94.5 Å². The smallest absolute Gasteiger partial charge is 0.445 e. The summed E-state index contributed by atoms with van der Waals surface area (Å²) >= 11 is 0. The highest BCUT2D eigenvalue weighted by molar-refractivity contribution is 7.86. The number of ether oxygens (including phenoxy) is 2. The third-order valence-corrected chi connectivity index (χ3v) is 4.03. The van der Waals surface area contributed by atoms with Crippen molar-refractivity contribution in [2.75, 3.05) is 19.3 Å². The van der Waals surface area contributed by atoms with Gasteiger partial charge in [0.2, 0.25) is 0 Å². The van der Waals surface area contributed by atoms with E-state index >= 15 is 0 Å². The molecular weight excluding hydrogens is 393 g/mol. The Bertz CT molecular complexity index is 770. The molecule has 1 heterocycles. The number of carbonyl (C=O) groups is 1. The van der Waals surface area contributed by atoms with Gasteiger partial charge < -0.3 is 14.4 Å². The van der Waals surface area contributed by atoms with Crippen molar-refractivity contribution in [3.8, 4) is 0 Å². The van der Waals surface area contributed by atoms with Gasteiger partial charge in [-0.05, 0) is 5.56 Å². The van der Waals surface area contributed by atoms with Crippen LogP contribution in [-0.4, -0.2) is 63.7 Å². The number of benzene rings is 1. The lowest BCUT2D eigenvalue weighted by Crippen LogP contribution is -2.31. The van der Waals surface area contributed by atoms with Crippen LogP contribution in [0, 0.1) is 0 Å². The Balaban J connectivity index is 2.00. The molecule has 1 amide bonds. The quantitative estimate of drug-likeness (QED) is 0.404. The third-order valence-electron chi connectivity index (χ3n) is 3.44. The number of rotatable bonds is 6. The minimum atomic E-state index is -4.93. The van der Waals surface area contributed by atoms with Crippen molar-refractivity contribution in [2.45, 2.75) is 25.1 Å². The first-order valence-electron chi connectivity index (χ1n) is 7.63. The molecule has 0 saturated carbocycles. The van der Waals surface area contributed by atoms with E-state index in [9.17, 15) is 26.4 Å². The third kappa shape index (κ3) is 7.43. The van der Waals surface area contributed by atoms with Crippen molar-refractivity contribution >= 4 is 22.6 Å². The van der Waals surface area contributed by atoms with E-state index in [0.29, 0.717) is 0 Å². The molecule has 1 aliphatic heterocycles. The summed E-state index contributed by atoms with van der Waals surface area (Å²) < 4.78 is 72.1. The Morgan fingerprint density at radius 2 is 1.96 bits per heavy atom. The molecule has 12 heteroatoms. The van der Waals surface area contributed by atoms with Crippen LogP contribution in [-0.2, 0) is 30.4 Å². The van der Waals surface area contributed by atoms with E-state index in [1.165, 1.54) is 0 Å². The molecule has 0 radical (unpaired) electrons. The maximum atomic E-state index is 12.1. The second kappa shape index (κ2) is 8.57. The summed E-state index contributed by atoms with van der Waals surface area (Å²) in [5.74, 6) is 0. The zero-order valence-corrected chi connectivity index (χ0v) is 14.9. The van der Waals surface area contributed by atoms with E-state index in [1.807, 2.05) is 0 Å². The normalized spacial score (nSPS) is 20.8. The van der Waals surface area contributed by atoms with Crippen LogP contribution in [0.4, 0.5) is 18.0 Å². The van der Waals surface area contributed by atoms with E-state index in [-0.39, 0.29) is 26.1 Å². The van der Waals surface area contributed by atoms with Crippen molar-refractivity contribution in [2.24, 2.45) is 4.99 Å². The highest BCUT2D eigenvalue weighted by atomic mass is 32.2. The molecule has 27 heavy (non-hydrogen) atoms. The van der Waals surface area contributed by atoms with Crippen LogP contribution in [0.15, 0.2) is 35.3 Å². The standard InChI is InChI=1S/C15H17F3N2O6S/c1-27(22,23)26-13-8-20(7-12(13)19-10-25-15(16,17)18)14(21)24-9-11-5-3-2-4-6-11/h2-6,10,12-13H,7-9H2,1H3/t12-,13-/m0/s1. The van der Waals surface area contributed by atoms with E-state index < -0.39 is 34.7 Å². The first kappa shape index (κ1) is 21.0. The summed E-state index contributed by atoms with van der Waals surface area (Å²) in [7, 11) is -3.91. The Morgan fingerprint density at radius 3 is 2.56 bits per heavy atom. The lowest BCUT2D eigenvalue weighted by molar-refractivity contribution is -0.280. The summed E-state index contributed by atoms with van der Waals surface area (Å²) in [4.78, 5) is 16.8. The molecule has 1 saturated heterocycles. The lowest BCUT2D eigenvalue weighted by Gasteiger charge is -2.15. The van der Waals surface area contributed by atoms with E-state index in [0.717, 1.165) is 16.7 Å². The first-order chi connectivity index (χ1) is 12.5. The SMILES string of the molecule is CS(=O)(=O)O[C@H]1CN(C(=O)OCc2ccccc2)C[C@@H]1N=COC(F)(F)F. The molecular formula is C15H17F3N2O6S. The second-order valence-corrected chi connectivity index (χ2v) is 7.27. The van der Waals surface area contributed by atoms with Gasteiger partial charge in [0.15, 0.2) is 6.40 Å². The van der Waals surface area contributed by atoms with Gasteiger partial charge in [0, 0.05) is 6.54 Å². The predicted octanol–water partition coefficient (Wildman–Crippen LogP) is 1.92. The number of hydrogen-bond acceptors (Lipinski definition) is 7. The number of alkyl halides is 3. The minimum absolute atomic E-state index is 0.0150. The molecule has 8 nitrogen and oxygen atoms in total. The predicted molar refractivity (Wildman–Crippen MR) is 87.3 cm³/mol. The summed E-state index contributed by atoms with van der Waals surface area (Å²) in [5, 5.41) is 0. The number of amides is 1. The van der Waals surface area contributed by atoms with Crippen LogP contribution in [0.25, 0.3) is 0 Å². The lowest BCUT2D eigenvalue weighted by atomic mass is 10.2. The van der Waals surface area contributed by atoms with Crippen LogP contribution in [0.3, 0.4) is 0 Å². The molecule has 0 aromatic heterocycles. The molecule has 0 unspecified atom stereocenters. The Morgan fingerprint density at radius 1 is 1.30 bits per heavy atom. The molecule has 1 aliphatic rings. The molecule has 1 fully saturated rings. The maximum absolute atomic E-state index is 12.1. The molecule has 1 aromatic carbocycles. The summed E-state index contributed by atoms with van der Waals surface area (Å²) in [6, 6.07) is 7.75. The summed E-state index contributed by atoms with van der Waals surface area (Å²) in [5.41, 5.74) is 0.738. The van der Waals surface area contributed by atoms with Crippen molar-refractivity contribution in [3.05, 3.63) is 35.9 Å². The fourth-order valence-corrected chi connectivity index (χ4v) is 2.99. The molecule has 2 rings (SSSR count). The Hall–Kier alpha value is -2.34. The van der Waals surface area contributed by atoms with Crippen LogP contribution in [0.2, 0.25) is 0 Å². The Kier molecular flexibility index (Phi) is 6.65. The molecule has 1 aromatic rings. The van der Waals surface area contributed by atoms with Gasteiger partial charge in [-0.2, -0.15) is 8.42 Å². The maximum Gasteiger partial charge on any atom is 0.573 e. The zero-order valence-electron chi connectivity index (χ0n) is 14.1. The first-order valence-corrected chi connectivity index (χ1v) is 9.45. The van der Waals surface area contributed by atoms with Crippen molar-refractivity contribution in [1.29, 1.82) is 0 Å². The van der Waals surface area contributed by atoms with Crippen LogP contribution in [0.5, 0.6) is 0 Å².